The van der Waals surface area contributed by atoms with Crippen LogP contribution >= 0.6 is 0 Å². The van der Waals surface area contributed by atoms with Gasteiger partial charge in [-0.25, -0.2) is 4.79 Å². The predicted octanol–water partition coefficient (Wildman–Crippen LogP) is 3.69. The monoisotopic (exact) mass is 266 g/mol. The van der Waals surface area contributed by atoms with Crippen molar-refractivity contribution in [3.63, 3.8) is 0 Å². The smallest absolute Gasteiger partial charge is 0.332 e. The summed E-state index contributed by atoms with van der Waals surface area (Å²) in [5, 5.41) is 0. The van der Waals surface area contributed by atoms with Gasteiger partial charge in [0.25, 0.3) is 0 Å². The molecule has 0 saturated heterocycles. The van der Waals surface area contributed by atoms with Crippen LogP contribution in [0, 0.1) is 17.8 Å². The summed E-state index contributed by atoms with van der Waals surface area (Å²) in [5.74, 6) is 1.93. The van der Waals surface area contributed by atoms with E-state index >= 15 is 0 Å². The summed E-state index contributed by atoms with van der Waals surface area (Å²) >= 11 is 0. The standard InChI is InChI=1S/C16H26O3/c1-2-16(17)19-12-18-11-15(13-7-3-4-8-13)14-9-5-6-10-14/h2,13-15H,1,3-12H2. The fourth-order valence-corrected chi connectivity index (χ4v) is 3.77. The average Bonchev–Trinajstić information content (AvgIpc) is 3.11. The van der Waals surface area contributed by atoms with Gasteiger partial charge in [0.1, 0.15) is 0 Å². The predicted molar refractivity (Wildman–Crippen MR) is 74.5 cm³/mol. The Morgan fingerprint density at radius 1 is 1.11 bits per heavy atom. The average molecular weight is 266 g/mol. The summed E-state index contributed by atoms with van der Waals surface area (Å²) in [6.45, 7) is 4.19. The number of hydrogen-bond donors (Lipinski definition) is 0. The zero-order valence-corrected chi connectivity index (χ0v) is 11.8. The van der Waals surface area contributed by atoms with Crippen LogP contribution in [0.15, 0.2) is 12.7 Å². The van der Waals surface area contributed by atoms with Crippen LogP contribution in [0.4, 0.5) is 0 Å². The zero-order chi connectivity index (χ0) is 13.5. The van der Waals surface area contributed by atoms with Crippen LogP contribution in [-0.2, 0) is 14.3 Å². The lowest BCUT2D eigenvalue weighted by atomic mass is 9.80. The first-order valence-electron chi connectivity index (χ1n) is 7.68. The van der Waals surface area contributed by atoms with E-state index in [1.165, 1.54) is 57.4 Å². The fourth-order valence-electron chi connectivity index (χ4n) is 3.77. The molecule has 0 aromatic rings. The molecule has 0 amide bonds. The molecule has 19 heavy (non-hydrogen) atoms. The Labute approximate surface area is 116 Å². The second-order valence-corrected chi connectivity index (χ2v) is 5.91. The summed E-state index contributed by atoms with van der Waals surface area (Å²) in [6, 6.07) is 0. The summed E-state index contributed by atoms with van der Waals surface area (Å²) in [4.78, 5) is 10.9. The van der Waals surface area contributed by atoms with E-state index in [0.29, 0.717) is 5.92 Å². The second-order valence-electron chi connectivity index (χ2n) is 5.91. The first-order chi connectivity index (χ1) is 9.31. The van der Waals surface area contributed by atoms with Crippen LogP contribution in [-0.4, -0.2) is 19.4 Å². The number of rotatable bonds is 7. The Kier molecular flexibility index (Phi) is 5.90. The SMILES string of the molecule is C=CC(=O)OCOCC(C1CCCC1)C1CCCC1. The van der Waals surface area contributed by atoms with E-state index in [1.807, 2.05) is 0 Å². The van der Waals surface area contributed by atoms with Gasteiger partial charge in [0, 0.05) is 6.08 Å². The summed E-state index contributed by atoms with van der Waals surface area (Å²) < 4.78 is 10.5. The van der Waals surface area contributed by atoms with E-state index in [1.54, 1.807) is 0 Å². The molecular formula is C16H26O3. The third-order valence-corrected chi connectivity index (χ3v) is 4.77. The lowest BCUT2D eigenvalue weighted by Crippen LogP contribution is -2.26. The maximum Gasteiger partial charge on any atom is 0.332 e. The van der Waals surface area contributed by atoms with Gasteiger partial charge >= 0.3 is 5.97 Å². The molecule has 0 unspecified atom stereocenters. The molecule has 0 radical (unpaired) electrons. The van der Waals surface area contributed by atoms with Crippen molar-refractivity contribution in [1.82, 2.24) is 0 Å². The fraction of sp³-hybridized carbons (Fsp3) is 0.812. The van der Waals surface area contributed by atoms with E-state index in [2.05, 4.69) is 6.58 Å². The molecule has 2 aliphatic rings. The molecule has 108 valence electrons. The molecular weight excluding hydrogens is 240 g/mol. The van der Waals surface area contributed by atoms with E-state index in [4.69, 9.17) is 9.47 Å². The molecule has 0 heterocycles. The van der Waals surface area contributed by atoms with Crippen LogP contribution in [0.5, 0.6) is 0 Å². The molecule has 2 aliphatic carbocycles. The van der Waals surface area contributed by atoms with Crippen LogP contribution < -0.4 is 0 Å². The molecule has 3 nitrogen and oxygen atoms in total. The van der Waals surface area contributed by atoms with Gasteiger partial charge in [-0.15, -0.1) is 0 Å². The van der Waals surface area contributed by atoms with Crippen LogP contribution in [0.1, 0.15) is 51.4 Å². The zero-order valence-electron chi connectivity index (χ0n) is 11.8. The van der Waals surface area contributed by atoms with Crippen molar-refractivity contribution < 1.29 is 14.3 Å². The van der Waals surface area contributed by atoms with E-state index < -0.39 is 5.97 Å². The van der Waals surface area contributed by atoms with Gasteiger partial charge in [-0.1, -0.05) is 57.9 Å². The van der Waals surface area contributed by atoms with Crippen molar-refractivity contribution in [2.24, 2.45) is 17.8 Å². The first kappa shape index (κ1) is 14.6. The third kappa shape index (κ3) is 4.34. The largest absolute Gasteiger partial charge is 0.435 e. The van der Waals surface area contributed by atoms with E-state index in [0.717, 1.165) is 18.4 Å². The van der Waals surface area contributed by atoms with Gasteiger partial charge in [0.2, 0.25) is 0 Å². The summed E-state index contributed by atoms with van der Waals surface area (Å²) in [5.41, 5.74) is 0. The molecule has 2 saturated carbocycles. The van der Waals surface area contributed by atoms with Crippen molar-refractivity contribution in [2.45, 2.75) is 51.4 Å². The highest BCUT2D eigenvalue weighted by atomic mass is 16.7. The number of hydrogen-bond acceptors (Lipinski definition) is 3. The van der Waals surface area contributed by atoms with Gasteiger partial charge in [0.05, 0.1) is 6.61 Å². The second kappa shape index (κ2) is 7.68. The van der Waals surface area contributed by atoms with Gasteiger partial charge in [-0.3, -0.25) is 0 Å². The minimum absolute atomic E-state index is 0.0702. The normalized spacial score (nSPS) is 21.1. The topological polar surface area (TPSA) is 35.5 Å². The summed E-state index contributed by atoms with van der Waals surface area (Å²) in [7, 11) is 0. The molecule has 3 heteroatoms. The Bertz CT molecular complexity index is 272. The third-order valence-electron chi connectivity index (χ3n) is 4.77. The summed E-state index contributed by atoms with van der Waals surface area (Å²) in [6.07, 6.45) is 12.1. The maximum atomic E-state index is 10.9. The minimum atomic E-state index is -0.404. The molecule has 0 aliphatic heterocycles. The lowest BCUT2D eigenvalue weighted by molar-refractivity contribution is -0.152. The Morgan fingerprint density at radius 3 is 2.11 bits per heavy atom. The van der Waals surface area contributed by atoms with E-state index in [9.17, 15) is 4.79 Å². The van der Waals surface area contributed by atoms with Crippen molar-refractivity contribution >= 4 is 5.97 Å². The van der Waals surface area contributed by atoms with Gasteiger partial charge in [-0.2, -0.15) is 0 Å². The highest BCUT2D eigenvalue weighted by molar-refractivity contribution is 5.81. The highest BCUT2D eigenvalue weighted by Crippen LogP contribution is 2.41. The molecule has 2 rings (SSSR count). The van der Waals surface area contributed by atoms with Crippen molar-refractivity contribution in [1.29, 1.82) is 0 Å². The van der Waals surface area contributed by atoms with Crippen molar-refractivity contribution in [3.05, 3.63) is 12.7 Å². The Balaban J connectivity index is 1.76. The minimum Gasteiger partial charge on any atom is -0.435 e. The Hall–Kier alpha value is -0.830. The molecule has 0 N–H and O–H groups in total. The highest BCUT2D eigenvalue weighted by Gasteiger charge is 2.33. The number of carbonyl (C=O) groups is 1. The number of carbonyl (C=O) groups excluding carboxylic acids is 1. The van der Waals surface area contributed by atoms with Crippen LogP contribution in [0.25, 0.3) is 0 Å². The molecule has 0 aromatic heterocycles. The van der Waals surface area contributed by atoms with Crippen molar-refractivity contribution in [2.75, 3.05) is 13.4 Å². The maximum absolute atomic E-state index is 10.9. The number of ether oxygens (including phenoxy) is 2. The van der Waals surface area contributed by atoms with Gasteiger partial charge in [-0.05, 0) is 17.8 Å². The quantitative estimate of drug-likeness (QED) is 0.305. The first-order valence-corrected chi connectivity index (χ1v) is 7.68. The van der Waals surface area contributed by atoms with E-state index in [-0.39, 0.29) is 6.79 Å². The molecule has 0 atom stereocenters. The Morgan fingerprint density at radius 2 is 1.63 bits per heavy atom. The molecule has 0 bridgehead atoms. The number of esters is 1. The van der Waals surface area contributed by atoms with Crippen LogP contribution in [0.2, 0.25) is 0 Å². The molecule has 0 aromatic carbocycles. The molecule has 0 spiro atoms. The lowest BCUT2D eigenvalue weighted by Gasteiger charge is -2.28. The van der Waals surface area contributed by atoms with Crippen LogP contribution in [0.3, 0.4) is 0 Å². The molecule has 2 fully saturated rings. The van der Waals surface area contributed by atoms with Gasteiger partial charge in [0.15, 0.2) is 6.79 Å². The van der Waals surface area contributed by atoms with Gasteiger partial charge < -0.3 is 9.47 Å². The van der Waals surface area contributed by atoms with Crippen molar-refractivity contribution in [3.8, 4) is 0 Å².